The quantitative estimate of drug-likeness (QED) is 0.675. The molecule has 0 bridgehead atoms. The van der Waals surface area contributed by atoms with E-state index in [1.807, 2.05) is 6.07 Å². The second-order valence-electron chi connectivity index (χ2n) is 4.44. The van der Waals surface area contributed by atoms with Crippen molar-refractivity contribution in [2.45, 2.75) is 13.5 Å². The number of halogens is 1. The van der Waals surface area contributed by atoms with Crippen LogP contribution in [0.15, 0.2) is 30.5 Å². The third-order valence-corrected chi connectivity index (χ3v) is 3.28. The van der Waals surface area contributed by atoms with Gasteiger partial charge in [0.2, 0.25) is 5.88 Å². The Morgan fingerprint density at radius 1 is 1.43 bits per heavy atom. The van der Waals surface area contributed by atoms with Crippen LogP contribution in [-0.2, 0) is 6.54 Å². The lowest BCUT2D eigenvalue weighted by molar-refractivity contribution is -0.384. The van der Waals surface area contributed by atoms with Gasteiger partial charge in [0.1, 0.15) is 5.02 Å². The van der Waals surface area contributed by atoms with Crippen LogP contribution in [0.5, 0.6) is 5.88 Å². The molecule has 1 heterocycles. The molecule has 0 aliphatic carbocycles. The smallest absolute Gasteiger partial charge is 0.288 e. The summed E-state index contributed by atoms with van der Waals surface area (Å²) in [5.41, 5.74) is 2.38. The SMILES string of the molecule is COc1ccc(CNc2cc(Cl)c([N+](=O)[O-])cc2C)cn1. The predicted molar refractivity (Wildman–Crippen MR) is 81.0 cm³/mol. The summed E-state index contributed by atoms with van der Waals surface area (Å²) >= 11 is 5.91. The number of benzene rings is 1. The molecule has 0 aliphatic rings. The molecule has 0 saturated heterocycles. The van der Waals surface area contributed by atoms with E-state index in [4.69, 9.17) is 16.3 Å². The van der Waals surface area contributed by atoms with Gasteiger partial charge >= 0.3 is 0 Å². The minimum atomic E-state index is -0.494. The fourth-order valence-electron chi connectivity index (χ4n) is 1.83. The Morgan fingerprint density at radius 3 is 2.76 bits per heavy atom. The molecule has 0 fully saturated rings. The van der Waals surface area contributed by atoms with Gasteiger partial charge in [-0.15, -0.1) is 0 Å². The van der Waals surface area contributed by atoms with E-state index < -0.39 is 4.92 Å². The number of rotatable bonds is 5. The number of anilines is 1. The second kappa shape index (κ2) is 6.41. The van der Waals surface area contributed by atoms with Crippen molar-refractivity contribution in [1.82, 2.24) is 4.98 Å². The van der Waals surface area contributed by atoms with Crippen molar-refractivity contribution >= 4 is 23.0 Å². The number of methoxy groups -OCH3 is 1. The highest BCUT2D eigenvalue weighted by Crippen LogP contribution is 2.30. The number of pyridine rings is 1. The number of nitro groups is 1. The number of hydrogen-bond acceptors (Lipinski definition) is 5. The van der Waals surface area contributed by atoms with E-state index in [-0.39, 0.29) is 10.7 Å². The first-order chi connectivity index (χ1) is 10.0. The maximum Gasteiger partial charge on any atom is 0.288 e. The molecule has 6 nitrogen and oxygen atoms in total. The lowest BCUT2D eigenvalue weighted by atomic mass is 10.1. The molecule has 0 saturated carbocycles. The first-order valence-electron chi connectivity index (χ1n) is 6.18. The van der Waals surface area contributed by atoms with Gasteiger partial charge in [0.15, 0.2) is 0 Å². The van der Waals surface area contributed by atoms with E-state index in [1.54, 1.807) is 32.4 Å². The fourth-order valence-corrected chi connectivity index (χ4v) is 2.06. The first-order valence-corrected chi connectivity index (χ1v) is 6.56. The molecule has 2 aromatic rings. The van der Waals surface area contributed by atoms with E-state index in [9.17, 15) is 10.1 Å². The molecule has 0 atom stereocenters. The Hall–Kier alpha value is -2.34. The molecule has 7 heteroatoms. The summed E-state index contributed by atoms with van der Waals surface area (Å²) < 4.78 is 4.99. The Labute approximate surface area is 126 Å². The van der Waals surface area contributed by atoms with Gasteiger partial charge in [0.05, 0.1) is 12.0 Å². The van der Waals surface area contributed by atoms with Gasteiger partial charge in [0, 0.05) is 30.6 Å². The van der Waals surface area contributed by atoms with E-state index in [0.717, 1.165) is 16.8 Å². The zero-order valence-electron chi connectivity index (χ0n) is 11.6. The minimum absolute atomic E-state index is 0.0918. The Bertz CT molecular complexity index is 659. The molecular formula is C14H14ClN3O3. The Morgan fingerprint density at radius 2 is 2.19 bits per heavy atom. The lowest BCUT2D eigenvalue weighted by Gasteiger charge is -2.10. The fraction of sp³-hybridized carbons (Fsp3) is 0.214. The maximum atomic E-state index is 10.8. The normalized spacial score (nSPS) is 10.2. The zero-order chi connectivity index (χ0) is 15.4. The summed E-state index contributed by atoms with van der Waals surface area (Å²) in [7, 11) is 1.56. The molecule has 0 radical (unpaired) electrons. The van der Waals surface area contributed by atoms with Crippen LogP contribution >= 0.6 is 11.6 Å². The summed E-state index contributed by atoms with van der Waals surface area (Å²) in [4.78, 5) is 14.4. The van der Waals surface area contributed by atoms with Crippen molar-refractivity contribution in [2.24, 2.45) is 0 Å². The number of ether oxygens (including phenoxy) is 1. The van der Waals surface area contributed by atoms with Crippen LogP contribution < -0.4 is 10.1 Å². The molecule has 1 aromatic carbocycles. The molecule has 1 aromatic heterocycles. The van der Waals surface area contributed by atoms with E-state index >= 15 is 0 Å². The predicted octanol–water partition coefficient (Wildman–Crippen LogP) is 3.57. The summed E-state index contributed by atoms with van der Waals surface area (Å²) in [6, 6.07) is 6.68. The van der Waals surface area contributed by atoms with Gasteiger partial charge in [-0.1, -0.05) is 17.7 Å². The number of nitro benzene ring substituents is 1. The van der Waals surface area contributed by atoms with Crippen molar-refractivity contribution in [2.75, 3.05) is 12.4 Å². The lowest BCUT2D eigenvalue weighted by Crippen LogP contribution is -2.02. The van der Waals surface area contributed by atoms with E-state index in [1.165, 1.54) is 6.07 Å². The summed E-state index contributed by atoms with van der Waals surface area (Å²) in [5, 5.41) is 14.1. The standard InChI is InChI=1S/C14H14ClN3O3/c1-9-5-13(18(19)20)11(15)6-12(9)16-7-10-3-4-14(21-2)17-8-10/h3-6,8,16H,7H2,1-2H3. The molecule has 2 rings (SSSR count). The monoisotopic (exact) mass is 307 g/mol. The van der Waals surface area contributed by atoms with Crippen molar-refractivity contribution in [3.63, 3.8) is 0 Å². The van der Waals surface area contributed by atoms with Crippen molar-refractivity contribution < 1.29 is 9.66 Å². The molecular weight excluding hydrogens is 294 g/mol. The minimum Gasteiger partial charge on any atom is -0.481 e. The van der Waals surface area contributed by atoms with Crippen LogP contribution in [0, 0.1) is 17.0 Å². The number of nitrogens with zero attached hydrogens (tertiary/aromatic N) is 2. The number of aryl methyl sites for hydroxylation is 1. The molecule has 0 aliphatic heterocycles. The average Bonchev–Trinajstić information content (AvgIpc) is 2.48. The zero-order valence-corrected chi connectivity index (χ0v) is 12.3. The maximum absolute atomic E-state index is 10.8. The van der Waals surface area contributed by atoms with Crippen LogP contribution in [-0.4, -0.2) is 17.0 Å². The largest absolute Gasteiger partial charge is 0.481 e. The average molecular weight is 308 g/mol. The van der Waals surface area contributed by atoms with Gasteiger partial charge in [-0.3, -0.25) is 10.1 Å². The molecule has 21 heavy (non-hydrogen) atoms. The van der Waals surface area contributed by atoms with Gasteiger partial charge in [0.25, 0.3) is 5.69 Å². The topological polar surface area (TPSA) is 77.3 Å². The highest BCUT2D eigenvalue weighted by Gasteiger charge is 2.14. The van der Waals surface area contributed by atoms with Gasteiger partial charge in [-0.2, -0.15) is 0 Å². The summed E-state index contributed by atoms with van der Waals surface area (Å²) in [6.07, 6.45) is 1.70. The highest BCUT2D eigenvalue weighted by atomic mass is 35.5. The van der Waals surface area contributed by atoms with Crippen LogP contribution in [0.1, 0.15) is 11.1 Å². The van der Waals surface area contributed by atoms with Crippen LogP contribution in [0.4, 0.5) is 11.4 Å². The second-order valence-corrected chi connectivity index (χ2v) is 4.85. The van der Waals surface area contributed by atoms with Gasteiger partial charge in [-0.25, -0.2) is 4.98 Å². The molecule has 110 valence electrons. The highest BCUT2D eigenvalue weighted by molar-refractivity contribution is 6.33. The van der Waals surface area contributed by atoms with E-state index in [0.29, 0.717) is 12.4 Å². The Kier molecular flexibility index (Phi) is 4.59. The third-order valence-electron chi connectivity index (χ3n) is 2.98. The summed E-state index contributed by atoms with van der Waals surface area (Å²) in [6.45, 7) is 2.32. The Balaban J connectivity index is 2.12. The number of nitrogens with one attached hydrogen (secondary N) is 1. The number of aromatic nitrogens is 1. The third kappa shape index (κ3) is 3.61. The van der Waals surface area contributed by atoms with Crippen LogP contribution in [0.2, 0.25) is 5.02 Å². The summed E-state index contributed by atoms with van der Waals surface area (Å²) in [5.74, 6) is 0.549. The van der Waals surface area contributed by atoms with Crippen LogP contribution in [0.25, 0.3) is 0 Å². The molecule has 1 N–H and O–H groups in total. The van der Waals surface area contributed by atoms with Gasteiger partial charge < -0.3 is 10.1 Å². The van der Waals surface area contributed by atoms with Crippen molar-refractivity contribution in [3.05, 3.63) is 56.7 Å². The van der Waals surface area contributed by atoms with Gasteiger partial charge in [-0.05, 0) is 24.1 Å². The first kappa shape index (κ1) is 15.1. The number of hydrogen-bond donors (Lipinski definition) is 1. The van der Waals surface area contributed by atoms with Crippen molar-refractivity contribution in [1.29, 1.82) is 0 Å². The van der Waals surface area contributed by atoms with E-state index in [2.05, 4.69) is 10.3 Å². The molecule has 0 spiro atoms. The molecule has 0 unspecified atom stereocenters. The van der Waals surface area contributed by atoms with Crippen LogP contribution in [0.3, 0.4) is 0 Å². The molecule has 0 amide bonds. The van der Waals surface area contributed by atoms with Crippen molar-refractivity contribution in [3.8, 4) is 5.88 Å².